The number of hydrogen-bond acceptors (Lipinski definition) is 3. The first-order valence-corrected chi connectivity index (χ1v) is 5.39. The highest BCUT2D eigenvalue weighted by molar-refractivity contribution is 9.10. The Morgan fingerprint density at radius 1 is 1.53 bits per heavy atom. The van der Waals surface area contributed by atoms with Crippen molar-refractivity contribution in [2.75, 3.05) is 18.8 Å². The highest BCUT2D eigenvalue weighted by Gasteiger charge is 2.29. The molecule has 1 amide bonds. The van der Waals surface area contributed by atoms with Crippen molar-refractivity contribution in [3.05, 3.63) is 28.2 Å². The Morgan fingerprint density at radius 2 is 2.20 bits per heavy atom. The Kier molecular flexibility index (Phi) is 2.67. The maximum absolute atomic E-state index is 11.8. The number of anilines is 1. The first kappa shape index (κ1) is 10.4. The fourth-order valence-corrected chi connectivity index (χ4v) is 1.84. The second-order valence-corrected chi connectivity index (χ2v) is 4.45. The van der Waals surface area contributed by atoms with Gasteiger partial charge in [0.25, 0.3) is 5.91 Å². The largest absolute Gasteiger partial charge is 0.398 e. The van der Waals surface area contributed by atoms with Gasteiger partial charge in [0, 0.05) is 28.8 Å². The van der Waals surface area contributed by atoms with E-state index in [0.717, 1.165) is 4.47 Å². The van der Waals surface area contributed by atoms with Gasteiger partial charge >= 0.3 is 0 Å². The van der Waals surface area contributed by atoms with Crippen LogP contribution < -0.4 is 5.73 Å². The normalized spacial score (nSPS) is 16.3. The quantitative estimate of drug-likeness (QED) is 0.744. The molecule has 0 aromatic heterocycles. The molecule has 1 aliphatic rings. The van der Waals surface area contributed by atoms with Crippen molar-refractivity contribution in [3.8, 4) is 0 Å². The molecule has 15 heavy (non-hydrogen) atoms. The molecule has 80 valence electrons. The number of nitrogens with zero attached hydrogens (tertiary/aromatic N) is 1. The number of β-amino-alcohol motifs (C(OH)–C–C–N with tert-alkyl or cyclic N) is 1. The Balaban J connectivity index is 2.16. The third-order valence-electron chi connectivity index (χ3n) is 2.40. The van der Waals surface area contributed by atoms with Gasteiger partial charge < -0.3 is 15.7 Å². The molecule has 0 saturated carbocycles. The summed E-state index contributed by atoms with van der Waals surface area (Å²) >= 11 is 3.27. The molecule has 1 heterocycles. The van der Waals surface area contributed by atoms with E-state index >= 15 is 0 Å². The van der Waals surface area contributed by atoms with Crippen LogP contribution in [0.1, 0.15) is 10.4 Å². The average Bonchev–Trinajstić information content (AvgIpc) is 2.16. The van der Waals surface area contributed by atoms with Gasteiger partial charge in [-0.15, -0.1) is 0 Å². The second kappa shape index (κ2) is 3.83. The molecule has 0 atom stereocenters. The predicted molar refractivity (Wildman–Crippen MR) is 60.5 cm³/mol. The van der Waals surface area contributed by atoms with Gasteiger partial charge in [-0.05, 0) is 34.1 Å². The molecular formula is C10H11BrN2O2. The van der Waals surface area contributed by atoms with Crippen molar-refractivity contribution in [2.45, 2.75) is 6.10 Å². The first-order valence-electron chi connectivity index (χ1n) is 4.60. The third-order valence-corrected chi connectivity index (χ3v) is 3.08. The summed E-state index contributed by atoms with van der Waals surface area (Å²) in [6.45, 7) is 0.835. The van der Waals surface area contributed by atoms with Crippen molar-refractivity contribution >= 4 is 27.5 Å². The Hall–Kier alpha value is -1.07. The summed E-state index contributed by atoms with van der Waals surface area (Å²) in [7, 11) is 0. The van der Waals surface area contributed by atoms with Crippen LogP contribution in [0.4, 0.5) is 5.69 Å². The number of nitrogen functional groups attached to an aromatic ring is 1. The van der Waals surface area contributed by atoms with E-state index in [1.54, 1.807) is 23.1 Å². The minimum Gasteiger partial charge on any atom is -0.398 e. The number of rotatable bonds is 1. The number of amides is 1. The fraction of sp³-hybridized carbons (Fsp3) is 0.300. The fourth-order valence-electron chi connectivity index (χ4n) is 1.46. The molecule has 5 heteroatoms. The number of benzene rings is 1. The summed E-state index contributed by atoms with van der Waals surface area (Å²) in [6, 6.07) is 5.07. The SMILES string of the molecule is Nc1ccc(C(=O)N2CC(O)C2)cc1Br. The van der Waals surface area contributed by atoms with E-state index in [1.807, 2.05) is 0 Å². The third kappa shape index (κ3) is 1.98. The number of nitrogens with two attached hydrogens (primary N) is 1. The maximum Gasteiger partial charge on any atom is 0.254 e. The van der Waals surface area contributed by atoms with Crippen LogP contribution in [0, 0.1) is 0 Å². The summed E-state index contributed by atoms with van der Waals surface area (Å²) in [5, 5.41) is 9.09. The lowest BCUT2D eigenvalue weighted by Crippen LogP contribution is -2.53. The summed E-state index contributed by atoms with van der Waals surface area (Å²) in [5.74, 6) is -0.0685. The zero-order chi connectivity index (χ0) is 11.0. The maximum atomic E-state index is 11.8. The minimum atomic E-state index is -0.369. The van der Waals surface area contributed by atoms with Crippen LogP contribution in [-0.2, 0) is 0 Å². The molecule has 0 radical (unpaired) electrons. The minimum absolute atomic E-state index is 0.0685. The van der Waals surface area contributed by atoms with Gasteiger partial charge in [0.15, 0.2) is 0 Å². The van der Waals surface area contributed by atoms with Crippen LogP contribution in [0.15, 0.2) is 22.7 Å². The van der Waals surface area contributed by atoms with Crippen LogP contribution in [-0.4, -0.2) is 35.1 Å². The van der Waals surface area contributed by atoms with Crippen LogP contribution in [0.2, 0.25) is 0 Å². The van der Waals surface area contributed by atoms with E-state index in [4.69, 9.17) is 10.8 Å². The summed E-state index contributed by atoms with van der Waals surface area (Å²) in [4.78, 5) is 13.4. The number of halogens is 1. The standard InChI is InChI=1S/C10H11BrN2O2/c11-8-3-6(1-2-9(8)12)10(15)13-4-7(14)5-13/h1-3,7,14H,4-5,12H2. The van der Waals surface area contributed by atoms with Crippen LogP contribution in [0.3, 0.4) is 0 Å². The molecule has 1 aromatic rings. The van der Waals surface area contributed by atoms with Crippen molar-refractivity contribution in [3.63, 3.8) is 0 Å². The number of aliphatic hydroxyl groups excluding tert-OH is 1. The predicted octanol–water partition coefficient (Wildman–Crippen LogP) is 0.848. The number of carbonyl (C=O) groups is 1. The zero-order valence-electron chi connectivity index (χ0n) is 7.98. The van der Waals surface area contributed by atoms with Crippen LogP contribution in [0.5, 0.6) is 0 Å². The number of likely N-dealkylation sites (tertiary alicyclic amines) is 1. The molecule has 0 spiro atoms. The summed E-state index contributed by atoms with van der Waals surface area (Å²) < 4.78 is 0.717. The van der Waals surface area contributed by atoms with E-state index in [1.165, 1.54) is 0 Å². The van der Waals surface area contributed by atoms with Crippen LogP contribution in [0.25, 0.3) is 0 Å². The molecule has 0 aliphatic carbocycles. The van der Waals surface area contributed by atoms with Gasteiger partial charge in [0.2, 0.25) is 0 Å². The lowest BCUT2D eigenvalue weighted by Gasteiger charge is -2.35. The highest BCUT2D eigenvalue weighted by Crippen LogP contribution is 2.22. The second-order valence-electron chi connectivity index (χ2n) is 3.60. The zero-order valence-corrected chi connectivity index (χ0v) is 9.57. The summed E-state index contributed by atoms with van der Waals surface area (Å²) in [6.07, 6.45) is -0.369. The monoisotopic (exact) mass is 270 g/mol. The molecule has 3 N–H and O–H groups in total. The number of aliphatic hydroxyl groups is 1. The highest BCUT2D eigenvalue weighted by atomic mass is 79.9. The van der Waals surface area contributed by atoms with E-state index in [9.17, 15) is 4.79 Å². The van der Waals surface area contributed by atoms with Gasteiger partial charge in [0.05, 0.1) is 6.10 Å². The average molecular weight is 271 g/mol. The van der Waals surface area contributed by atoms with Gasteiger partial charge in [-0.1, -0.05) is 0 Å². The van der Waals surface area contributed by atoms with Crippen molar-refractivity contribution in [1.82, 2.24) is 4.90 Å². The lowest BCUT2D eigenvalue weighted by atomic mass is 10.1. The molecule has 1 fully saturated rings. The molecular weight excluding hydrogens is 260 g/mol. The number of carbonyl (C=O) groups excluding carboxylic acids is 1. The molecule has 1 aromatic carbocycles. The van der Waals surface area contributed by atoms with Crippen molar-refractivity contribution < 1.29 is 9.90 Å². The topological polar surface area (TPSA) is 66.6 Å². The lowest BCUT2D eigenvalue weighted by molar-refractivity contribution is 0.00589. The van der Waals surface area contributed by atoms with Gasteiger partial charge in [0.1, 0.15) is 0 Å². The Labute approximate surface area is 95.8 Å². The van der Waals surface area contributed by atoms with E-state index < -0.39 is 0 Å². The van der Waals surface area contributed by atoms with E-state index in [2.05, 4.69) is 15.9 Å². The molecule has 4 nitrogen and oxygen atoms in total. The van der Waals surface area contributed by atoms with Gasteiger partial charge in [-0.3, -0.25) is 4.79 Å². The Morgan fingerprint density at radius 3 is 2.73 bits per heavy atom. The van der Waals surface area contributed by atoms with Crippen LogP contribution >= 0.6 is 15.9 Å². The Bertz CT molecular complexity index is 402. The molecule has 2 rings (SSSR count). The van der Waals surface area contributed by atoms with Crippen molar-refractivity contribution in [1.29, 1.82) is 0 Å². The van der Waals surface area contributed by atoms with Gasteiger partial charge in [-0.2, -0.15) is 0 Å². The van der Waals surface area contributed by atoms with Gasteiger partial charge in [-0.25, -0.2) is 0 Å². The molecule has 0 unspecified atom stereocenters. The van der Waals surface area contributed by atoms with E-state index in [-0.39, 0.29) is 12.0 Å². The first-order chi connectivity index (χ1) is 7.08. The molecule has 0 bridgehead atoms. The molecule has 1 saturated heterocycles. The van der Waals surface area contributed by atoms with E-state index in [0.29, 0.717) is 24.3 Å². The smallest absolute Gasteiger partial charge is 0.254 e. The van der Waals surface area contributed by atoms with Crippen molar-refractivity contribution in [2.24, 2.45) is 0 Å². The number of hydrogen-bond donors (Lipinski definition) is 2. The molecule has 1 aliphatic heterocycles. The summed E-state index contributed by atoms with van der Waals surface area (Å²) in [5.41, 5.74) is 6.81.